The van der Waals surface area contributed by atoms with Crippen molar-refractivity contribution in [3.05, 3.63) is 48.0 Å². The Bertz CT molecular complexity index is 830. The summed E-state index contributed by atoms with van der Waals surface area (Å²) in [7, 11) is 1.89. The molecule has 1 unspecified atom stereocenters. The van der Waals surface area contributed by atoms with Crippen LogP contribution in [0.25, 0.3) is 10.9 Å². The van der Waals surface area contributed by atoms with E-state index in [1.807, 2.05) is 42.8 Å². The first-order valence-corrected chi connectivity index (χ1v) is 6.59. The van der Waals surface area contributed by atoms with Gasteiger partial charge in [-0.05, 0) is 19.1 Å². The Balaban J connectivity index is 1.98. The van der Waals surface area contributed by atoms with Crippen LogP contribution in [0.15, 0.2) is 36.7 Å². The van der Waals surface area contributed by atoms with E-state index >= 15 is 0 Å². The number of nitrogens with zero attached hydrogens (tertiary/aromatic N) is 5. The molecule has 0 saturated carbocycles. The summed E-state index contributed by atoms with van der Waals surface area (Å²) in [6.45, 7) is 1.98. The number of rotatable bonds is 3. The summed E-state index contributed by atoms with van der Waals surface area (Å²) < 4.78 is 1.85. The third-order valence-corrected chi connectivity index (χ3v) is 3.33. The number of anilines is 1. The predicted octanol–water partition coefficient (Wildman–Crippen LogP) is 2.41. The molecule has 1 N–H and O–H groups in total. The highest BCUT2D eigenvalue weighted by atomic mass is 15.3. The zero-order chi connectivity index (χ0) is 14.8. The Morgan fingerprint density at radius 3 is 2.86 bits per heavy atom. The smallest absolute Gasteiger partial charge is 0.154 e. The molecular formula is C15H14N6. The molecule has 6 heteroatoms. The van der Waals surface area contributed by atoms with Crippen LogP contribution in [-0.4, -0.2) is 19.7 Å². The van der Waals surface area contributed by atoms with Gasteiger partial charge in [-0.3, -0.25) is 0 Å². The number of benzene rings is 1. The first-order valence-electron chi connectivity index (χ1n) is 6.59. The molecule has 0 aliphatic rings. The van der Waals surface area contributed by atoms with Gasteiger partial charge in [-0.1, -0.05) is 18.2 Å². The molecule has 3 rings (SSSR count). The van der Waals surface area contributed by atoms with Crippen LogP contribution in [0.5, 0.6) is 0 Å². The van der Waals surface area contributed by atoms with Gasteiger partial charge in [0, 0.05) is 12.4 Å². The standard InChI is InChI=1S/C15H14N6/c1-10(15-20-17-9-21(15)2)18-14-7-11(8-16)12-5-3-4-6-13(12)19-14/h3-7,9-10H,1-2H3,(H,18,19). The molecule has 0 fully saturated rings. The largest absolute Gasteiger partial charge is 0.360 e. The van der Waals surface area contributed by atoms with Crippen LogP contribution in [0.2, 0.25) is 0 Å². The van der Waals surface area contributed by atoms with Crippen molar-refractivity contribution >= 4 is 16.7 Å². The second-order valence-corrected chi connectivity index (χ2v) is 4.85. The van der Waals surface area contributed by atoms with E-state index in [1.54, 1.807) is 12.4 Å². The Labute approximate surface area is 122 Å². The number of para-hydroxylation sites is 1. The van der Waals surface area contributed by atoms with E-state index < -0.39 is 0 Å². The van der Waals surface area contributed by atoms with Gasteiger partial charge in [0.25, 0.3) is 0 Å². The zero-order valence-corrected chi connectivity index (χ0v) is 11.8. The molecule has 104 valence electrons. The number of hydrogen-bond donors (Lipinski definition) is 1. The maximum atomic E-state index is 9.29. The SMILES string of the molecule is CC(Nc1cc(C#N)c2ccccc2n1)c1nncn1C. The first kappa shape index (κ1) is 13.1. The minimum absolute atomic E-state index is 0.0577. The van der Waals surface area contributed by atoms with Crippen molar-refractivity contribution in [2.24, 2.45) is 7.05 Å². The molecule has 0 saturated heterocycles. The highest BCUT2D eigenvalue weighted by Gasteiger charge is 2.13. The summed E-state index contributed by atoms with van der Waals surface area (Å²) in [5.41, 5.74) is 1.40. The maximum absolute atomic E-state index is 9.29. The van der Waals surface area contributed by atoms with Gasteiger partial charge in [0.05, 0.1) is 23.2 Å². The summed E-state index contributed by atoms with van der Waals surface area (Å²) in [6.07, 6.45) is 1.65. The topological polar surface area (TPSA) is 79.4 Å². The van der Waals surface area contributed by atoms with Gasteiger partial charge >= 0.3 is 0 Å². The normalized spacial score (nSPS) is 12.0. The number of pyridine rings is 1. The maximum Gasteiger partial charge on any atom is 0.154 e. The highest BCUT2D eigenvalue weighted by Crippen LogP contribution is 2.22. The van der Waals surface area contributed by atoms with E-state index in [4.69, 9.17) is 0 Å². The average Bonchev–Trinajstić information content (AvgIpc) is 2.92. The molecule has 2 heterocycles. The fourth-order valence-corrected chi connectivity index (χ4v) is 2.31. The Kier molecular flexibility index (Phi) is 3.24. The molecule has 0 amide bonds. The zero-order valence-electron chi connectivity index (χ0n) is 11.8. The van der Waals surface area contributed by atoms with Crippen LogP contribution >= 0.6 is 0 Å². The molecule has 0 radical (unpaired) electrons. The summed E-state index contributed by atoms with van der Waals surface area (Å²) in [4.78, 5) is 4.54. The molecule has 1 aromatic carbocycles. The van der Waals surface area contributed by atoms with Crippen LogP contribution < -0.4 is 5.32 Å². The van der Waals surface area contributed by atoms with E-state index in [0.717, 1.165) is 16.7 Å². The van der Waals surface area contributed by atoms with Gasteiger partial charge in [0.1, 0.15) is 12.1 Å². The number of nitriles is 1. The van der Waals surface area contributed by atoms with Gasteiger partial charge in [-0.2, -0.15) is 5.26 Å². The molecule has 21 heavy (non-hydrogen) atoms. The van der Waals surface area contributed by atoms with Crippen molar-refractivity contribution < 1.29 is 0 Å². The average molecular weight is 278 g/mol. The second-order valence-electron chi connectivity index (χ2n) is 4.85. The fraction of sp³-hybridized carbons (Fsp3) is 0.200. The van der Waals surface area contributed by atoms with Crippen LogP contribution in [0.4, 0.5) is 5.82 Å². The number of fused-ring (bicyclic) bond motifs is 1. The van der Waals surface area contributed by atoms with E-state index in [2.05, 4.69) is 26.6 Å². The first-order chi connectivity index (χ1) is 10.2. The van der Waals surface area contributed by atoms with Gasteiger partial charge in [0.15, 0.2) is 5.82 Å². The van der Waals surface area contributed by atoms with Crippen LogP contribution in [0, 0.1) is 11.3 Å². The second kappa shape index (κ2) is 5.21. The molecule has 0 spiro atoms. The van der Waals surface area contributed by atoms with Gasteiger partial charge in [0.2, 0.25) is 0 Å². The summed E-state index contributed by atoms with van der Waals surface area (Å²) in [6, 6.07) is 11.5. The Hall–Kier alpha value is -2.94. The number of hydrogen-bond acceptors (Lipinski definition) is 5. The number of aryl methyl sites for hydroxylation is 1. The van der Waals surface area contributed by atoms with Crippen molar-refractivity contribution in [3.63, 3.8) is 0 Å². The lowest BCUT2D eigenvalue weighted by atomic mass is 10.1. The molecule has 3 aromatic rings. The number of aromatic nitrogens is 4. The van der Waals surface area contributed by atoms with Crippen molar-refractivity contribution in [1.29, 1.82) is 5.26 Å². The van der Waals surface area contributed by atoms with E-state index in [-0.39, 0.29) is 6.04 Å². The fourth-order valence-electron chi connectivity index (χ4n) is 2.31. The van der Waals surface area contributed by atoms with Crippen molar-refractivity contribution in [2.45, 2.75) is 13.0 Å². The van der Waals surface area contributed by atoms with Crippen molar-refractivity contribution in [1.82, 2.24) is 19.7 Å². The summed E-state index contributed by atoms with van der Waals surface area (Å²) in [5.74, 6) is 1.46. The van der Waals surface area contributed by atoms with Gasteiger partial charge in [-0.15, -0.1) is 10.2 Å². The molecule has 0 aliphatic heterocycles. The van der Waals surface area contributed by atoms with Crippen LogP contribution in [-0.2, 0) is 7.05 Å². The van der Waals surface area contributed by atoms with Crippen LogP contribution in [0.3, 0.4) is 0 Å². The highest BCUT2D eigenvalue weighted by molar-refractivity contribution is 5.86. The number of nitrogens with one attached hydrogen (secondary N) is 1. The van der Waals surface area contributed by atoms with E-state index in [1.165, 1.54) is 0 Å². The monoisotopic (exact) mass is 278 g/mol. The molecule has 2 aromatic heterocycles. The molecule has 1 atom stereocenters. The lowest BCUT2D eigenvalue weighted by Crippen LogP contribution is -2.13. The lowest BCUT2D eigenvalue weighted by Gasteiger charge is -2.14. The molecule has 6 nitrogen and oxygen atoms in total. The van der Waals surface area contributed by atoms with Crippen molar-refractivity contribution in [3.8, 4) is 6.07 Å². The molecule has 0 bridgehead atoms. The third-order valence-electron chi connectivity index (χ3n) is 3.33. The lowest BCUT2D eigenvalue weighted by molar-refractivity contribution is 0.717. The minimum Gasteiger partial charge on any atom is -0.360 e. The van der Waals surface area contributed by atoms with Gasteiger partial charge in [-0.25, -0.2) is 4.98 Å². The Morgan fingerprint density at radius 1 is 1.33 bits per heavy atom. The van der Waals surface area contributed by atoms with E-state index in [0.29, 0.717) is 11.4 Å². The Morgan fingerprint density at radius 2 is 2.14 bits per heavy atom. The van der Waals surface area contributed by atoms with Crippen molar-refractivity contribution in [2.75, 3.05) is 5.32 Å². The quantitative estimate of drug-likeness (QED) is 0.795. The summed E-state index contributed by atoms with van der Waals surface area (Å²) in [5, 5.41) is 21.4. The van der Waals surface area contributed by atoms with Gasteiger partial charge < -0.3 is 9.88 Å². The molecular weight excluding hydrogens is 264 g/mol. The summed E-state index contributed by atoms with van der Waals surface area (Å²) >= 11 is 0. The van der Waals surface area contributed by atoms with E-state index in [9.17, 15) is 5.26 Å². The predicted molar refractivity (Wildman–Crippen MR) is 79.5 cm³/mol. The minimum atomic E-state index is -0.0577. The van der Waals surface area contributed by atoms with Crippen LogP contribution in [0.1, 0.15) is 24.4 Å². The molecule has 0 aliphatic carbocycles. The third kappa shape index (κ3) is 2.41.